The minimum absolute atomic E-state index is 0.0128. The number of imidazole rings is 2. The molecular formula is C25H25F4N5O. The molecule has 6 nitrogen and oxygen atoms in total. The minimum atomic E-state index is -4.74. The summed E-state index contributed by atoms with van der Waals surface area (Å²) in [6.45, 7) is 3.95. The normalized spacial score (nSPS) is 15.8. The van der Waals surface area contributed by atoms with E-state index in [2.05, 4.69) is 14.9 Å². The van der Waals surface area contributed by atoms with E-state index in [-0.39, 0.29) is 17.3 Å². The highest BCUT2D eigenvalue weighted by atomic mass is 19.4. The second kappa shape index (κ2) is 8.67. The predicted octanol–water partition coefficient (Wildman–Crippen LogP) is 5.03. The van der Waals surface area contributed by atoms with Crippen molar-refractivity contribution in [1.82, 2.24) is 24.0 Å². The van der Waals surface area contributed by atoms with E-state index in [0.717, 1.165) is 60.5 Å². The van der Waals surface area contributed by atoms with Gasteiger partial charge in [0.05, 0.1) is 22.3 Å². The molecule has 35 heavy (non-hydrogen) atoms. The van der Waals surface area contributed by atoms with Gasteiger partial charge in [-0.1, -0.05) is 18.2 Å². The maximum absolute atomic E-state index is 14.0. The van der Waals surface area contributed by atoms with Gasteiger partial charge in [0.2, 0.25) is 0 Å². The number of para-hydroxylation sites is 2. The van der Waals surface area contributed by atoms with Crippen molar-refractivity contribution in [3.8, 4) is 11.4 Å². The van der Waals surface area contributed by atoms with Gasteiger partial charge in [-0.2, -0.15) is 13.2 Å². The van der Waals surface area contributed by atoms with Crippen LogP contribution in [0, 0.1) is 12.7 Å². The number of nitrogens with one attached hydrogen (secondary N) is 1. The number of alkyl halides is 3. The maximum Gasteiger partial charge on any atom is 0.419 e. The Morgan fingerprint density at radius 2 is 1.77 bits per heavy atom. The van der Waals surface area contributed by atoms with Crippen molar-refractivity contribution in [2.24, 2.45) is 7.05 Å². The number of benzene rings is 2. The monoisotopic (exact) mass is 487 g/mol. The first-order valence-corrected chi connectivity index (χ1v) is 11.4. The van der Waals surface area contributed by atoms with Crippen LogP contribution in [-0.2, 0) is 19.8 Å². The van der Waals surface area contributed by atoms with Crippen LogP contribution in [0.4, 0.5) is 17.6 Å². The fourth-order valence-electron chi connectivity index (χ4n) is 4.90. The summed E-state index contributed by atoms with van der Waals surface area (Å²) in [4.78, 5) is 22.7. The zero-order chi connectivity index (χ0) is 24.9. The summed E-state index contributed by atoms with van der Waals surface area (Å²) in [5.41, 5.74) is 2.36. The lowest BCUT2D eigenvalue weighted by atomic mass is 10.0. The van der Waals surface area contributed by atoms with Crippen molar-refractivity contribution in [3.05, 3.63) is 75.7 Å². The highest BCUT2D eigenvalue weighted by molar-refractivity contribution is 5.76. The van der Waals surface area contributed by atoms with Gasteiger partial charge in [-0.15, -0.1) is 0 Å². The summed E-state index contributed by atoms with van der Waals surface area (Å²) in [5.74, 6) is -0.987. The van der Waals surface area contributed by atoms with Crippen LogP contribution in [-0.4, -0.2) is 37.1 Å². The van der Waals surface area contributed by atoms with E-state index in [9.17, 15) is 22.4 Å². The molecule has 1 aliphatic heterocycles. The number of fused-ring (bicyclic) bond motifs is 1. The fraction of sp³-hybridized carbons (Fsp3) is 0.360. The second-order valence-electron chi connectivity index (χ2n) is 9.06. The molecule has 0 bridgehead atoms. The van der Waals surface area contributed by atoms with Gasteiger partial charge >= 0.3 is 11.9 Å². The number of rotatable bonds is 4. The van der Waals surface area contributed by atoms with Crippen LogP contribution in [0.1, 0.15) is 35.8 Å². The molecule has 1 aliphatic rings. The number of likely N-dealkylation sites (tertiary alicyclic amines) is 1. The van der Waals surface area contributed by atoms with Gasteiger partial charge < -0.3 is 4.98 Å². The van der Waals surface area contributed by atoms with Crippen LogP contribution in [0.25, 0.3) is 22.4 Å². The lowest BCUT2D eigenvalue weighted by Gasteiger charge is -2.32. The molecule has 0 amide bonds. The second-order valence-corrected chi connectivity index (χ2v) is 9.06. The first-order valence-electron chi connectivity index (χ1n) is 11.4. The molecule has 5 rings (SSSR count). The first kappa shape index (κ1) is 23.3. The summed E-state index contributed by atoms with van der Waals surface area (Å²) in [6.07, 6.45) is -3.11. The van der Waals surface area contributed by atoms with Crippen LogP contribution in [0.5, 0.6) is 0 Å². The quantitative estimate of drug-likeness (QED) is 0.411. The lowest BCUT2D eigenvalue weighted by Crippen LogP contribution is -2.37. The molecule has 4 aromatic rings. The van der Waals surface area contributed by atoms with Crippen molar-refractivity contribution in [2.45, 2.75) is 38.5 Å². The number of H-pyrrole nitrogens is 1. The molecule has 2 aromatic heterocycles. The Balaban J connectivity index is 1.29. The van der Waals surface area contributed by atoms with E-state index in [0.29, 0.717) is 12.4 Å². The van der Waals surface area contributed by atoms with Gasteiger partial charge in [0, 0.05) is 44.0 Å². The third-order valence-electron chi connectivity index (χ3n) is 6.82. The van der Waals surface area contributed by atoms with Gasteiger partial charge in [-0.25, -0.2) is 14.2 Å². The van der Waals surface area contributed by atoms with Crippen molar-refractivity contribution < 1.29 is 17.6 Å². The number of hydrogen-bond donors (Lipinski definition) is 1. The predicted molar refractivity (Wildman–Crippen MR) is 124 cm³/mol. The number of aryl methyl sites for hydroxylation is 2. The Bertz CT molecular complexity index is 1440. The van der Waals surface area contributed by atoms with Crippen molar-refractivity contribution in [3.63, 3.8) is 0 Å². The highest BCUT2D eigenvalue weighted by Crippen LogP contribution is 2.33. The number of halogens is 4. The summed E-state index contributed by atoms with van der Waals surface area (Å²) in [6, 6.07) is 10.7. The van der Waals surface area contributed by atoms with E-state index in [1.807, 2.05) is 35.8 Å². The SMILES string of the molecule is Cc1[nH]c(-c2ccc(C(F)(F)F)c(F)c2)nc1CN1CCC(n2c(=O)n(C)c3ccccc32)CC1. The molecule has 0 saturated carbocycles. The Morgan fingerprint density at radius 1 is 1.09 bits per heavy atom. The number of aromatic nitrogens is 4. The number of nitrogens with zero attached hydrogens (tertiary/aromatic N) is 4. The molecule has 0 unspecified atom stereocenters. The third-order valence-corrected chi connectivity index (χ3v) is 6.82. The van der Waals surface area contributed by atoms with Crippen LogP contribution in [0.15, 0.2) is 47.3 Å². The molecule has 1 fully saturated rings. The van der Waals surface area contributed by atoms with Gasteiger partial charge in [-0.05, 0) is 44.0 Å². The molecule has 1 saturated heterocycles. The van der Waals surface area contributed by atoms with E-state index >= 15 is 0 Å². The average molecular weight is 488 g/mol. The average Bonchev–Trinajstić information content (AvgIpc) is 3.30. The van der Waals surface area contributed by atoms with Gasteiger partial charge in [0.15, 0.2) is 0 Å². The number of piperidine rings is 1. The summed E-state index contributed by atoms with van der Waals surface area (Å²) in [7, 11) is 1.79. The zero-order valence-electron chi connectivity index (χ0n) is 19.4. The Hall–Kier alpha value is -3.40. The Kier molecular flexibility index (Phi) is 5.79. The van der Waals surface area contributed by atoms with Gasteiger partial charge in [0.1, 0.15) is 11.6 Å². The molecule has 0 radical (unpaired) electrons. The van der Waals surface area contributed by atoms with E-state index in [1.54, 1.807) is 11.6 Å². The molecule has 1 N–H and O–H groups in total. The molecule has 2 aromatic carbocycles. The Labute approximate surface area is 198 Å². The summed E-state index contributed by atoms with van der Waals surface area (Å²) in [5, 5.41) is 0. The summed E-state index contributed by atoms with van der Waals surface area (Å²) < 4.78 is 56.2. The van der Waals surface area contributed by atoms with Crippen LogP contribution in [0.3, 0.4) is 0 Å². The van der Waals surface area contributed by atoms with Crippen molar-refractivity contribution in [2.75, 3.05) is 13.1 Å². The third kappa shape index (κ3) is 4.27. The van der Waals surface area contributed by atoms with Gasteiger partial charge in [-0.3, -0.25) is 14.0 Å². The topological polar surface area (TPSA) is 58.9 Å². The largest absolute Gasteiger partial charge is 0.419 e. The zero-order valence-corrected chi connectivity index (χ0v) is 19.4. The van der Waals surface area contributed by atoms with Gasteiger partial charge in [0.25, 0.3) is 0 Å². The van der Waals surface area contributed by atoms with Crippen molar-refractivity contribution >= 4 is 11.0 Å². The van der Waals surface area contributed by atoms with Crippen LogP contribution in [0.2, 0.25) is 0 Å². The number of aromatic amines is 1. The molecular weight excluding hydrogens is 462 g/mol. The molecule has 0 spiro atoms. The fourth-order valence-corrected chi connectivity index (χ4v) is 4.90. The Morgan fingerprint density at radius 3 is 2.43 bits per heavy atom. The van der Waals surface area contributed by atoms with Crippen LogP contribution < -0.4 is 5.69 Å². The molecule has 184 valence electrons. The standard InChI is InChI=1S/C25H25F4N5O/c1-15-20(31-23(30-15)16-7-8-18(19(26)13-16)25(27,28)29)14-33-11-9-17(10-12-33)34-22-6-4-3-5-21(22)32(2)24(34)35/h3-8,13,17H,9-12,14H2,1-2H3,(H,30,31). The van der Waals surface area contributed by atoms with E-state index < -0.39 is 17.6 Å². The molecule has 10 heteroatoms. The van der Waals surface area contributed by atoms with E-state index in [4.69, 9.17) is 0 Å². The van der Waals surface area contributed by atoms with E-state index in [1.165, 1.54) is 6.07 Å². The highest BCUT2D eigenvalue weighted by Gasteiger charge is 2.34. The minimum Gasteiger partial charge on any atom is -0.342 e. The molecule has 3 heterocycles. The van der Waals surface area contributed by atoms with Crippen molar-refractivity contribution in [1.29, 1.82) is 0 Å². The number of hydrogen-bond acceptors (Lipinski definition) is 3. The maximum atomic E-state index is 14.0. The first-order chi connectivity index (χ1) is 16.6. The lowest BCUT2D eigenvalue weighted by molar-refractivity contribution is -0.139. The smallest absolute Gasteiger partial charge is 0.342 e. The summed E-state index contributed by atoms with van der Waals surface area (Å²) >= 11 is 0. The molecule has 0 atom stereocenters. The molecule has 0 aliphatic carbocycles. The van der Waals surface area contributed by atoms with Crippen LogP contribution >= 0.6 is 0 Å².